The summed E-state index contributed by atoms with van der Waals surface area (Å²) < 4.78 is 28.0. The minimum Gasteiger partial charge on any atom is -0.312 e. The third-order valence-electron chi connectivity index (χ3n) is 5.58. The summed E-state index contributed by atoms with van der Waals surface area (Å²) in [6, 6.07) is 6.78. The molecule has 3 atom stereocenters. The van der Waals surface area contributed by atoms with Crippen LogP contribution in [0.2, 0.25) is 0 Å². The number of sulfonamides is 1. The van der Waals surface area contributed by atoms with E-state index < -0.39 is 10.0 Å². The summed E-state index contributed by atoms with van der Waals surface area (Å²) in [4.78, 5) is 13.8. The molecule has 23 heavy (non-hydrogen) atoms. The Bertz CT molecular complexity index is 714. The SMILES string of the molecule is O=C1CCCN1c1ccc(S(=O)(=O)N[C@H]2C[C@H]3CC[C@H]2C3)cc1. The van der Waals surface area contributed by atoms with Crippen molar-refractivity contribution in [3.63, 3.8) is 0 Å². The van der Waals surface area contributed by atoms with Crippen LogP contribution in [0.15, 0.2) is 29.2 Å². The Morgan fingerprint density at radius 1 is 1.09 bits per heavy atom. The normalized spacial score (nSPS) is 30.3. The third-order valence-corrected chi connectivity index (χ3v) is 7.08. The first-order chi connectivity index (χ1) is 11.0. The maximum atomic E-state index is 12.6. The van der Waals surface area contributed by atoms with Gasteiger partial charge in [-0.05, 0) is 61.8 Å². The molecule has 4 rings (SSSR count). The Morgan fingerprint density at radius 3 is 2.43 bits per heavy atom. The summed E-state index contributed by atoms with van der Waals surface area (Å²) in [5.41, 5.74) is 0.784. The molecular weight excluding hydrogens is 312 g/mol. The molecule has 2 saturated carbocycles. The summed E-state index contributed by atoms with van der Waals surface area (Å²) in [6.45, 7) is 0.717. The molecule has 2 bridgehead atoms. The van der Waals surface area contributed by atoms with Gasteiger partial charge in [0.05, 0.1) is 4.90 Å². The number of carbonyl (C=O) groups excluding carboxylic acids is 1. The number of hydrogen-bond donors (Lipinski definition) is 1. The molecule has 3 aliphatic rings. The second-order valence-electron chi connectivity index (χ2n) is 7.05. The van der Waals surface area contributed by atoms with Gasteiger partial charge >= 0.3 is 0 Å². The number of nitrogens with zero attached hydrogens (tertiary/aromatic N) is 1. The van der Waals surface area contributed by atoms with E-state index in [1.165, 1.54) is 12.8 Å². The van der Waals surface area contributed by atoms with Gasteiger partial charge in [0.25, 0.3) is 0 Å². The molecule has 0 aromatic heterocycles. The van der Waals surface area contributed by atoms with E-state index in [0.717, 1.165) is 24.9 Å². The largest absolute Gasteiger partial charge is 0.312 e. The minimum atomic E-state index is -3.47. The standard InChI is InChI=1S/C17H22N2O3S/c20-17-2-1-9-19(17)14-5-7-15(8-6-14)23(21,22)18-16-11-12-3-4-13(16)10-12/h5-8,12-13,16,18H,1-4,9-11H2/t12-,13-,16-/m0/s1. The second-order valence-corrected chi connectivity index (χ2v) is 8.76. The second kappa shape index (κ2) is 5.60. The molecule has 1 aliphatic heterocycles. The lowest BCUT2D eigenvalue weighted by Gasteiger charge is -2.23. The van der Waals surface area contributed by atoms with Crippen LogP contribution in [-0.4, -0.2) is 26.9 Å². The number of rotatable bonds is 4. The van der Waals surface area contributed by atoms with Crippen molar-refractivity contribution in [1.82, 2.24) is 4.72 Å². The predicted molar refractivity (Wildman–Crippen MR) is 87.6 cm³/mol. The van der Waals surface area contributed by atoms with E-state index in [0.29, 0.717) is 24.8 Å². The van der Waals surface area contributed by atoms with Crippen LogP contribution in [0.1, 0.15) is 38.5 Å². The number of anilines is 1. The Morgan fingerprint density at radius 2 is 1.87 bits per heavy atom. The summed E-state index contributed by atoms with van der Waals surface area (Å²) in [6.07, 6.45) is 5.99. The molecule has 1 N–H and O–H groups in total. The summed E-state index contributed by atoms with van der Waals surface area (Å²) in [7, 11) is -3.47. The highest BCUT2D eigenvalue weighted by atomic mass is 32.2. The van der Waals surface area contributed by atoms with Gasteiger partial charge in [0, 0.05) is 24.7 Å². The zero-order valence-corrected chi connectivity index (χ0v) is 13.9. The number of amides is 1. The fraction of sp³-hybridized carbons (Fsp3) is 0.588. The molecule has 3 fully saturated rings. The van der Waals surface area contributed by atoms with E-state index in [1.807, 2.05) is 0 Å². The highest BCUT2D eigenvalue weighted by Gasteiger charge is 2.41. The van der Waals surface area contributed by atoms with Gasteiger partial charge in [-0.2, -0.15) is 0 Å². The minimum absolute atomic E-state index is 0.0959. The molecule has 1 saturated heterocycles. The van der Waals surface area contributed by atoms with Crippen LogP contribution in [0.5, 0.6) is 0 Å². The van der Waals surface area contributed by atoms with Crippen LogP contribution in [0, 0.1) is 11.8 Å². The number of nitrogens with one attached hydrogen (secondary N) is 1. The Balaban J connectivity index is 1.49. The van der Waals surface area contributed by atoms with Crippen LogP contribution < -0.4 is 9.62 Å². The van der Waals surface area contributed by atoms with Crippen LogP contribution in [-0.2, 0) is 14.8 Å². The smallest absolute Gasteiger partial charge is 0.240 e. The predicted octanol–water partition coefficient (Wildman–Crippen LogP) is 2.28. The maximum Gasteiger partial charge on any atom is 0.240 e. The van der Waals surface area contributed by atoms with Gasteiger partial charge in [-0.3, -0.25) is 4.79 Å². The van der Waals surface area contributed by atoms with Crippen molar-refractivity contribution in [1.29, 1.82) is 0 Å². The quantitative estimate of drug-likeness (QED) is 0.918. The highest BCUT2D eigenvalue weighted by molar-refractivity contribution is 7.89. The van der Waals surface area contributed by atoms with Gasteiger partial charge in [-0.25, -0.2) is 13.1 Å². The van der Waals surface area contributed by atoms with Crippen molar-refractivity contribution in [2.75, 3.05) is 11.4 Å². The van der Waals surface area contributed by atoms with Gasteiger partial charge in [0.2, 0.25) is 15.9 Å². The molecular formula is C17H22N2O3S. The monoisotopic (exact) mass is 334 g/mol. The summed E-state index contributed by atoms with van der Waals surface area (Å²) in [5, 5.41) is 0. The van der Waals surface area contributed by atoms with Crippen LogP contribution in [0.25, 0.3) is 0 Å². The van der Waals surface area contributed by atoms with E-state index in [4.69, 9.17) is 0 Å². The average Bonchev–Trinajstić information content (AvgIpc) is 3.23. The average molecular weight is 334 g/mol. The van der Waals surface area contributed by atoms with Gasteiger partial charge in [0.1, 0.15) is 0 Å². The Labute approximate surface area is 137 Å². The molecule has 1 aromatic rings. The summed E-state index contributed by atoms with van der Waals surface area (Å²) in [5.74, 6) is 1.33. The molecule has 0 spiro atoms. The molecule has 1 amide bonds. The number of hydrogen-bond acceptors (Lipinski definition) is 3. The van der Waals surface area contributed by atoms with Crippen LogP contribution in [0.3, 0.4) is 0 Å². The molecule has 124 valence electrons. The lowest BCUT2D eigenvalue weighted by atomic mass is 9.96. The van der Waals surface area contributed by atoms with Crippen LogP contribution >= 0.6 is 0 Å². The fourth-order valence-electron chi connectivity index (χ4n) is 4.38. The molecule has 6 heteroatoms. The van der Waals surface area contributed by atoms with E-state index in [9.17, 15) is 13.2 Å². The van der Waals surface area contributed by atoms with Crippen molar-refractivity contribution < 1.29 is 13.2 Å². The van der Waals surface area contributed by atoms with E-state index in [1.54, 1.807) is 29.2 Å². The molecule has 0 unspecified atom stereocenters. The topological polar surface area (TPSA) is 66.5 Å². The van der Waals surface area contributed by atoms with E-state index >= 15 is 0 Å². The summed E-state index contributed by atoms with van der Waals surface area (Å²) >= 11 is 0. The lowest BCUT2D eigenvalue weighted by molar-refractivity contribution is -0.117. The first kappa shape index (κ1) is 15.1. The van der Waals surface area contributed by atoms with Crippen molar-refractivity contribution in [2.24, 2.45) is 11.8 Å². The van der Waals surface area contributed by atoms with Gasteiger partial charge < -0.3 is 4.90 Å². The number of fused-ring (bicyclic) bond motifs is 2. The molecule has 2 aliphatic carbocycles. The zero-order valence-electron chi connectivity index (χ0n) is 13.1. The number of benzene rings is 1. The van der Waals surface area contributed by atoms with Crippen LogP contribution in [0.4, 0.5) is 5.69 Å². The van der Waals surface area contributed by atoms with Crippen molar-refractivity contribution in [3.05, 3.63) is 24.3 Å². The van der Waals surface area contributed by atoms with Gasteiger partial charge in [-0.15, -0.1) is 0 Å². The van der Waals surface area contributed by atoms with E-state index in [-0.39, 0.29) is 16.8 Å². The maximum absolute atomic E-state index is 12.6. The fourth-order valence-corrected chi connectivity index (χ4v) is 5.70. The molecule has 1 aromatic carbocycles. The third kappa shape index (κ3) is 2.78. The van der Waals surface area contributed by atoms with Gasteiger partial charge in [-0.1, -0.05) is 6.42 Å². The lowest BCUT2D eigenvalue weighted by Crippen LogP contribution is -2.38. The van der Waals surface area contributed by atoms with Crippen molar-refractivity contribution >= 4 is 21.6 Å². The Kier molecular flexibility index (Phi) is 3.69. The molecule has 0 radical (unpaired) electrons. The highest BCUT2D eigenvalue weighted by Crippen LogP contribution is 2.44. The first-order valence-corrected chi connectivity index (χ1v) is 9.94. The Hall–Kier alpha value is -1.40. The first-order valence-electron chi connectivity index (χ1n) is 8.46. The molecule has 5 nitrogen and oxygen atoms in total. The van der Waals surface area contributed by atoms with Gasteiger partial charge in [0.15, 0.2) is 0 Å². The number of carbonyl (C=O) groups is 1. The zero-order chi connectivity index (χ0) is 16.0. The van der Waals surface area contributed by atoms with E-state index in [2.05, 4.69) is 4.72 Å². The van der Waals surface area contributed by atoms with Crippen molar-refractivity contribution in [3.8, 4) is 0 Å². The molecule has 1 heterocycles. The van der Waals surface area contributed by atoms with Crippen molar-refractivity contribution in [2.45, 2.75) is 49.5 Å².